The van der Waals surface area contributed by atoms with E-state index < -0.39 is 15.8 Å². The highest BCUT2D eigenvalue weighted by Gasteiger charge is 2.25. The summed E-state index contributed by atoms with van der Waals surface area (Å²) in [6.07, 6.45) is 0.175. The van der Waals surface area contributed by atoms with E-state index in [-0.39, 0.29) is 12.1 Å². The van der Waals surface area contributed by atoms with Gasteiger partial charge in [0.2, 0.25) is 5.88 Å². The Morgan fingerprint density at radius 2 is 1.96 bits per heavy atom. The molecule has 0 spiro atoms. The fourth-order valence-corrected chi connectivity index (χ4v) is 3.31. The standard InChI is InChI=1S/C15H15BrF2N2O4S/c1-23-11-7-10(19-13(8-11)24-2)6-9-4-3-5-12(16)14(9)20-25(21,22)15(17)18/h3-5,7-8,15,20H,6H2,1-2H3. The van der Waals surface area contributed by atoms with Crippen molar-refractivity contribution < 1.29 is 26.7 Å². The van der Waals surface area contributed by atoms with Crippen molar-refractivity contribution in [1.29, 1.82) is 0 Å². The summed E-state index contributed by atoms with van der Waals surface area (Å²) in [7, 11) is -1.86. The maximum atomic E-state index is 12.7. The Bertz CT molecular complexity index is 840. The van der Waals surface area contributed by atoms with E-state index in [9.17, 15) is 17.2 Å². The van der Waals surface area contributed by atoms with Crippen molar-refractivity contribution in [2.24, 2.45) is 0 Å². The number of sulfonamides is 1. The first-order valence-corrected chi connectivity index (χ1v) is 9.27. The van der Waals surface area contributed by atoms with Crippen molar-refractivity contribution in [2.75, 3.05) is 18.9 Å². The van der Waals surface area contributed by atoms with Gasteiger partial charge in [0, 0.05) is 23.0 Å². The largest absolute Gasteiger partial charge is 0.496 e. The zero-order valence-corrected chi connectivity index (χ0v) is 15.7. The second-order valence-electron chi connectivity index (χ2n) is 4.90. The summed E-state index contributed by atoms with van der Waals surface area (Å²) in [6.45, 7) is 0. The molecule has 1 aromatic carbocycles. The average Bonchev–Trinajstić information content (AvgIpc) is 2.57. The smallest absolute Gasteiger partial charge is 0.355 e. The fraction of sp³-hybridized carbons (Fsp3) is 0.267. The van der Waals surface area contributed by atoms with E-state index in [4.69, 9.17) is 9.47 Å². The van der Waals surface area contributed by atoms with E-state index in [1.54, 1.807) is 30.3 Å². The number of rotatable bonds is 7. The number of halogens is 3. The molecule has 0 fully saturated rings. The molecule has 0 bridgehead atoms. The Labute approximate surface area is 152 Å². The number of hydrogen-bond donors (Lipinski definition) is 1. The van der Waals surface area contributed by atoms with Crippen LogP contribution in [0.4, 0.5) is 14.5 Å². The predicted molar refractivity (Wildman–Crippen MR) is 92.8 cm³/mol. The van der Waals surface area contributed by atoms with Gasteiger partial charge in [0.15, 0.2) is 0 Å². The van der Waals surface area contributed by atoms with Crippen LogP contribution in [-0.2, 0) is 16.4 Å². The summed E-state index contributed by atoms with van der Waals surface area (Å²) in [5, 5.41) is 0. The van der Waals surface area contributed by atoms with Crippen molar-refractivity contribution in [2.45, 2.75) is 12.2 Å². The van der Waals surface area contributed by atoms with Gasteiger partial charge >= 0.3 is 5.76 Å². The quantitative estimate of drug-likeness (QED) is 0.719. The molecule has 2 aromatic rings. The molecule has 0 atom stereocenters. The first-order chi connectivity index (χ1) is 11.8. The number of anilines is 1. The third-order valence-electron chi connectivity index (χ3n) is 3.22. The molecule has 1 N–H and O–H groups in total. The molecule has 0 radical (unpaired) electrons. The topological polar surface area (TPSA) is 77.5 Å². The van der Waals surface area contributed by atoms with Crippen LogP contribution >= 0.6 is 15.9 Å². The van der Waals surface area contributed by atoms with Gasteiger partial charge in [0.1, 0.15) is 5.75 Å². The average molecular weight is 437 g/mol. The number of ether oxygens (including phenoxy) is 2. The van der Waals surface area contributed by atoms with E-state index in [1.165, 1.54) is 14.2 Å². The molecule has 25 heavy (non-hydrogen) atoms. The second kappa shape index (κ2) is 7.96. The van der Waals surface area contributed by atoms with Gasteiger partial charge in [0.25, 0.3) is 10.0 Å². The van der Waals surface area contributed by atoms with E-state index in [2.05, 4.69) is 20.9 Å². The van der Waals surface area contributed by atoms with E-state index >= 15 is 0 Å². The first kappa shape index (κ1) is 19.4. The minimum atomic E-state index is -4.80. The zero-order chi connectivity index (χ0) is 18.6. The van der Waals surface area contributed by atoms with Gasteiger partial charge in [-0.05, 0) is 27.6 Å². The summed E-state index contributed by atoms with van der Waals surface area (Å²) in [4.78, 5) is 4.25. The minimum absolute atomic E-state index is 0.0337. The Balaban J connectivity index is 2.43. The lowest BCUT2D eigenvalue weighted by Crippen LogP contribution is -2.21. The Morgan fingerprint density at radius 3 is 2.56 bits per heavy atom. The summed E-state index contributed by atoms with van der Waals surface area (Å²) in [5.74, 6) is -2.71. The van der Waals surface area contributed by atoms with Crippen LogP contribution in [0.2, 0.25) is 0 Å². The van der Waals surface area contributed by atoms with E-state index in [1.807, 2.05) is 4.72 Å². The van der Waals surface area contributed by atoms with Crippen LogP contribution in [0.3, 0.4) is 0 Å². The summed E-state index contributed by atoms with van der Waals surface area (Å²) < 4.78 is 60.9. The molecule has 136 valence electrons. The number of benzene rings is 1. The predicted octanol–water partition coefficient (Wildman–Crippen LogP) is 3.42. The number of nitrogens with one attached hydrogen (secondary N) is 1. The number of pyridine rings is 1. The van der Waals surface area contributed by atoms with Gasteiger partial charge in [-0.15, -0.1) is 0 Å². The minimum Gasteiger partial charge on any atom is -0.496 e. The molecule has 1 heterocycles. The highest BCUT2D eigenvalue weighted by molar-refractivity contribution is 9.10. The van der Waals surface area contributed by atoms with Crippen LogP contribution in [0.15, 0.2) is 34.8 Å². The second-order valence-corrected chi connectivity index (χ2v) is 7.40. The molecule has 0 aliphatic rings. The number of methoxy groups -OCH3 is 2. The van der Waals surface area contributed by atoms with Gasteiger partial charge in [-0.1, -0.05) is 12.1 Å². The number of aromatic nitrogens is 1. The highest BCUT2D eigenvalue weighted by Crippen LogP contribution is 2.31. The van der Waals surface area contributed by atoms with Gasteiger partial charge < -0.3 is 9.47 Å². The molecular formula is C15H15BrF2N2O4S. The van der Waals surface area contributed by atoms with Crippen LogP contribution in [0.5, 0.6) is 11.6 Å². The molecule has 6 nitrogen and oxygen atoms in total. The first-order valence-electron chi connectivity index (χ1n) is 6.93. The summed E-state index contributed by atoms with van der Waals surface area (Å²) in [6, 6.07) is 8.06. The van der Waals surface area contributed by atoms with Gasteiger partial charge in [-0.25, -0.2) is 13.4 Å². The number of para-hydroxylation sites is 1. The molecular weight excluding hydrogens is 422 g/mol. The van der Waals surface area contributed by atoms with Crippen molar-refractivity contribution in [3.05, 3.63) is 46.1 Å². The van der Waals surface area contributed by atoms with Crippen LogP contribution in [0.1, 0.15) is 11.3 Å². The molecule has 0 aliphatic heterocycles. The molecule has 0 saturated carbocycles. The Morgan fingerprint density at radius 1 is 1.24 bits per heavy atom. The lowest BCUT2D eigenvalue weighted by Gasteiger charge is -2.14. The lowest BCUT2D eigenvalue weighted by atomic mass is 10.1. The number of alkyl halides is 2. The maximum absolute atomic E-state index is 12.7. The zero-order valence-electron chi connectivity index (χ0n) is 13.3. The summed E-state index contributed by atoms with van der Waals surface area (Å²) >= 11 is 3.18. The monoisotopic (exact) mass is 436 g/mol. The van der Waals surface area contributed by atoms with Gasteiger partial charge in [-0.2, -0.15) is 8.78 Å². The van der Waals surface area contributed by atoms with Gasteiger partial charge in [-0.3, -0.25) is 4.72 Å². The lowest BCUT2D eigenvalue weighted by molar-refractivity contribution is 0.236. The molecule has 2 rings (SSSR count). The summed E-state index contributed by atoms with van der Waals surface area (Å²) in [5.41, 5.74) is 1.01. The molecule has 10 heteroatoms. The van der Waals surface area contributed by atoms with Crippen molar-refractivity contribution in [1.82, 2.24) is 4.98 Å². The normalized spacial score (nSPS) is 11.4. The van der Waals surface area contributed by atoms with Crippen LogP contribution in [0.25, 0.3) is 0 Å². The van der Waals surface area contributed by atoms with Gasteiger partial charge in [0.05, 0.1) is 25.6 Å². The number of hydrogen-bond acceptors (Lipinski definition) is 5. The molecule has 1 aromatic heterocycles. The SMILES string of the molecule is COc1cc(Cc2cccc(Br)c2NS(=O)(=O)C(F)F)nc(OC)c1. The highest BCUT2D eigenvalue weighted by atomic mass is 79.9. The van der Waals surface area contributed by atoms with Crippen LogP contribution < -0.4 is 14.2 Å². The Hall–Kier alpha value is -1.94. The number of nitrogens with zero attached hydrogens (tertiary/aromatic N) is 1. The van der Waals surface area contributed by atoms with Crippen LogP contribution in [0, 0.1) is 0 Å². The van der Waals surface area contributed by atoms with Crippen molar-refractivity contribution in [3.8, 4) is 11.6 Å². The molecule has 0 unspecified atom stereocenters. The molecule has 0 amide bonds. The van der Waals surface area contributed by atoms with E-state index in [0.29, 0.717) is 27.4 Å². The van der Waals surface area contributed by atoms with Crippen molar-refractivity contribution >= 4 is 31.6 Å². The van der Waals surface area contributed by atoms with E-state index in [0.717, 1.165) is 0 Å². The fourth-order valence-electron chi connectivity index (χ4n) is 2.06. The molecule has 0 saturated heterocycles. The third kappa shape index (κ3) is 4.79. The van der Waals surface area contributed by atoms with Crippen molar-refractivity contribution in [3.63, 3.8) is 0 Å². The Kier molecular flexibility index (Phi) is 6.17. The van der Waals surface area contributed by atoms with Crippen LogP contribution in [-0.4, -0.2) is 33.4 Å². The maximum Gasteiger partial charge on any atom is 0.355 e. The molecule has 0 aliphatic carbocycles. The third-order valence-corrected chi connectivity index (χ3v) is 4.84.